The molecule has 0 fully saturated rings. The van der Waals surface area contributed by atoms with Crippen molar-refractivity contribution in [2.75, 3.05) is 7.11 Å². The molecule has 0 aliphatic carbocycles. The summed E-state index contributed by atoms with van der Waals surface area (Å²) in [5.41, 5.74) is 2.52. The molecule has 2 aromatic rings. The fourth-order valence-corrected chi connectivity index (χ4v) is 2.07. The van der Waals surface area contributed by atoms with Crippen molar-refractivity contribution in [2.24, 2.45) is 0 Å². The van der Waals surface area contributed by atoms with E-state index in [0.29, 0.717) is 5.56 Å². The highest BCUT2D eigenvalue weighted by Crippen LogP contribution is 2.32. The Morgan fingerprint density at radius 2 is 2.05 bits per heavy atom. The highest BCUT2D eigenvalue weighted by Gasteiger charge is 2.14. The van der Waals surface area contributed by atoms with Crippen molar-refractivity contribution in [3.05, 3.63) is 36.0 Å². The van der Waals surface area contributed by atoms with Crippen LogP contribution in [0.5, 0.6) is 5.75 Å². The molecule has 0 radical (unpaired) electrons. The van der Waals surface area contributed by atoms with E-state index < -0.39 is 0 Å². The molecule has 0 N–H and O–H groups in total. The summed E-state index contributed by atoms with van der Waals surface area (Å²) in [6, 6.07) is 7.64. The second-order valence-electron chi connectivity index (χ2n) is 4.73. The van der Waals surface area contributed by atoms with Gasteiger partial charge in [-0.15, -0.1) is 0 Å². The lowest BCUT2D eigenvalue weighted by Gasteiger charge is -2.14. The molecule has 1 heterocycles. The van der Waals surface area contributed by atoms with E-state index in [0.717, 1.165) is 17.0 Å². The van der Waals surface area contributed by atoms with Gasteiger partial charge in [0.1, 0.15) is 5.75 Å². The van der Waals surface area contributed by atoms with Gasteiger partial charge in [-0.3, -0.25) is 9.48 Å². The van der Waals surface area contributed by atoms with E-state index in [1.165, 1.54) is 0 Å². The van der Waals surface area contributed by atoms with Gasteiger partial charge in [0, 0.05) is 23.4 Å². The van der Waals surface area contributed by atoms with Gasteiger partial charge in [-0.05, 0) is 45.0 Å². The maximum atomic E-state index is 11.5. The summed E-state index contributed by atoms with van der Waals surface area (Å²) >= 11 is 0. The van der Waals surface area contributed by atoms with Gasteiger partial charge in [-0.1, -0.05) is 0 Å². The van der Waals surface area contributed by atoms with Gasteiger partial charge in [0.25, 0.3) is 0 Å². The first-order chi connectivity index (χ1) is 9.04. The van der Waals surface area contributed by atoms with Crippen molar-refractivity contribution < 1.29 is 9.53 Å². The highest BCUT2D eigenvalue weighted by atomic mass is 16.5. The number of hydrogen-bond acceptors (Lipinski definition) is 3. The lowest BCUT2D eigenvalue weighted by Crippen LogP contribution is -2.05. The van der Waals surface area contributed by atoms with Gasteiger partial charge < -0.3 is 4.74 Å². The van der Waals surface area contributed by atoms with Crippen molar-refractivity contribution in [2.45, 2.75) is 26.8 Å². The van der Waals surface area contributed by atoms with E-state index in [1.807, 2.05) is 22.9 Å². The number of carbonyl (C=O) groups excluding carboxylic acids is 1. The third kappa shape index (κ3) is 2.52. The van der Waals surface area contributed by atoms with E-state index in [4.69, 9.17) is 4.74 Å². The van der Waals surface area contributed by atoms with Crippen molar-refractivity contribution in [1.82, 2.24) is 9.78 Å². The first kappa shape index (κ1) is 13.3. The van der Waals surface area contributed by atoms with E-state index in [9.17, 15) is 4.79 Å². The molecule has 0 bridgehead atoms. The summed E-state index contributed by atoms with van der Waals surface area (Å²) < 4.78 is 7.30. The van der Waals surface area contributed by atoms with Crippen LogP contribution >= 0.6 is 0 Å². The average molecular weight is 258 g/mol. The first-order valence-corrected chi connectivity index (χ1v) is 6.27. The van der Waals surface area contributed by atoms with E-state index in [2.05, 4.69) is 18.9 Å². The van der Waals surface area contributed by atoms with Crippen molar-refractivity contribution in [1.29, 1.82) is 0 Å². The zero-order chi connectivity index (χ0) is 14.0. The number of aromatic nitrogens is 2. The summed E-state index contributed by atoms with van der Waals surface area (Å²) in [6.07, 6.45) is 1.76. The van der Waals surface area contributed by atoms with Gasteiger partial charge in [-0.25, -0.2) is 0 Å². The minimum atomic E-state index is 0.0412. The molecule has 0 saturated heterocycles. The Labute approximate surface area is 113 Å². The predicted octanol–water partition coefficient (Wildman–Crippen LogP) is 3.34. The molecule has 0 atom stereocenters. The van der Waals surface area contributed by atoms with E-state index in [-0.39, 0.29) is 11.8 Å². The average Bonchev–Trinajstić information content (AvgIpc) is 2.87. The molecule has 1 aromatic carbocycles. The zero-order valence-corrected chi connectivity index (χ0v) is 11.7. The maximum Gasteiger partial charge on any atom is 0.159 e. The van der Waals surface area contributed by atoms with Crippen LogP contribution in [0.2, 0.25) is 0 Å². The Morgan fingerprint density at radius 3 is 2.63 bits per heavy atom. The predicted molar refractivity (Wildman–Crippen MR) is 74.6 cm³/mol. The molecule has 0 aliphatic heterocycles. The molecular formula is C15H18N2O2. The summed E-state index contributed by atoms with van der Waals surface area (Å²) in [5.74, 6) is 0.784. The number of hydrogen-bond donors (Lipinski definition) is 0. The van der Waals surface area contributed by atoms with Gasteiger partial charge in [0.05, 0.1) is 12.8 Å². The fraction of sp³-hybridized carbons (Fsp3) is 0.333. The van der Waals surface area contributed by atoms with Crippen LogP contribution in [0.25, 0.3) is 11.3 Å². The second-order valence-corrected chi connectivity index (χ2v) is 4.73. The standard InChI is InChI=1S/C15H18N2O2/c1-10(2)17-14(7-8-16-17)13-9-12(11(3)18)5-6-15(13)19-4/h5-10H,1-4H3. The highest BCUT2D eigenvalue weighted by molar-refractivity contribution is 5.95. The summed E-state index contributed by atoms with van der Waals surface area (Å²) in [4.78, 5) is 11.5. The Hall–Kier alpha value is -2.10. The lowest BCUT2D eigenvalue weighted by molar-refractivity contribution is 0.101. The van der Waals surface area contributed by atoms with E-state index in [1.54, 1.807) is 26.3 Å². The number of ketones is 1. The van der Waals surface area contributed by atoms with Crippen LogP contribution < -0.4 is 4.74 Å². The molecule has 4 heteroatoms. The second kappa shape index (κ2) is 5.26. The molecule has 0 spiro atoms. The number of benzene rings is 1. The molecule has 100 valence electrons. The summed E-state index contributed by atoms with van der Waals surface area (Å²) in [5, 5.41) is 4.32. The van der Waals surface area contributed by atoms with Crippen LogP contribution in [0.1, 0.15) is 37.2 Å². The maximum absolute atomic E-state index is 11.5. The summed E-state index contributed by atoms with van der Waals surface area (Å²) in [7, 11) is 1.63. The van der Waals surface area contributed by atoms with Gasteiger partial charge >= 0.3 is 0 Å². The van der Waals surface area contributed by atoms with Crippen molar-refractivity contribution >= 4 is 5.78 Å². The van der Waals surface area contributed by atoms with Gasteiger partial charge in [-0.2, -0.15) is 5.10 Å². The number of carbonyl (C=O) groups is 1. The van der Waals surface area contributed by atoms with Crippen LogP contribution in [0, 0.1) is 0 Å². The van der Waals surface area contributed by atoms with Gasteiger partial charge in [0.2, 0.25) is 0 Å². The SMILES string of the molecule is COc1ccc(C(C)=O)cc1-c1ccnn1C(C)C. The molecule has 19 heavy (non-hydrogen) atoms. The Bertz CT molecular complexity index is 600. The van der Waals surface area contributed by atoms with Crippen LogP contribution in [-0.2, 0) is 0 Å². The number of ether oxygens (including phenoxy) is 1. The molecule has 0 saturated carbocycles. The van der Waals surface area contributed by atoms with Gasteiger partial charge in [0.15, 0.2) is 5.78 Å². The number of rotatable bonds is 4. The van der Waals surface area contributed by atoms with Crippen molar-refractivity contribution in [3.8, 4) is 17.0 Å². The summed E-state index contributed by atoms with van der Waals surface area (Å²) in [6.45, 7) is 5.70. The quantitative estimate of drug-likeness (QED) is 0.790. The smallest absolute Gasteiger partial charge is 0.159 e. The molecule has 0 amide bonds. The number of methoxy groups -OCH3 is 1. The molecule has 2 rings (SSSR count). The van der Waals surface area contributed by atoms with E-state index >= 15 is 0 Å². The zero-order valence-electron chi connectivity index (χ0n) is 11.7. The van der Waals surface area contributed by atoms with Crippen LogP contribution in [0.4, 0.5) is 0 Å². The molecule has 1 aromatic heterocycles. The minimum Gasteiger partial charge on any atom is -0.496 e. The molecule has 0 unspecified atom stereocenters. The monoisotopic (exact) mass is 258 g/mol. The third-order valence-corrected chi connectivity index (χ3v) is 3.04. The lowest BCUT2D eigenvalue weighted by atomic mass is 10.0. The van der Waals surface area contributed by atoms with Crippen LogP contribution in [0.3, 0.4) is 0 Å². The van der Waals surface area contributed by atoms with Crippen LogP contribution in [0.15, 0.2) is 30.5 Å². The number of Topliss-reactive ketones (excluding diaryl/α,β-unsaturated/α-hetero) is 1. The molecular weight excluding hydrogens is 240 g/mol. The molecule has 4 nitrogen and oxygen atoms in total. The Balaban J connectivity index is 2.62. The fourth-order valence-electron chi connectivity index (χ4n) is 2.07. The Kier molecular flexibility index (Phi) is 3.69. The topological polar surface area (TPSA) is 44.1 Å². The largest absolute Gasteiger partial charge is 0.496 e. The Morgan fingerprint density at radius 1 is 1.32 bits per heavy atom. The number of nitrogens with zero attached hydrogens (tertiary/aromatic N) is 2. The normalized spacial score (nSPS) is 10.8. The van der Waals surface area contributed by atoms with Crippen LogP contribution in [-0.4, -0.2) is 22.7 Å². The molecule has 0 aliphatic rings. The van der Waals surface area contributed by atoms with Crippen molar-refractivity contribution in [3.63, 3.8) is 0 Å². The third-order valence-electron chi connectivity index (χ3n) is 3.04. The minimum absolute atomic E-state index is 0.0412. The first-order valence-electron chi connectivity index (χ1n) is 6.27.